The van der Waals surface area contributed by atoms with Gasteiger partial charge in [-0.1, -0.05) is 42.5 Å². The van der Waals surface area contributed by atoms with Crippen molar-refractivity contribution in [2.45, 2.75) is 32.7 Å². The van der Waals surface area contributed by atoms with Crippen molar-refractivity contribution in [3.63, 3.8) is 0 Å². The van der Waals surface area contributed by atoms with Crippen molar-refractivity contribution >= 4 is 28.9 Å². The number of carbonyl (C=O) groups is 2. The second kappa shape index (κ2) is 10.8. The minimum Gasteiger partial charge on any atom is -0.367 e. The molecule has 0 saturated carbocycles. The smallest absolute Gasteiger partial charge is 0.313 e. The van der Waals surface area contributed by atoms with Gasteiger partial charge < -0.3 is 15.5 Å². The average molecular weight is 473 g/mol. The Morgan fingerprint density at radius 3 is 2.49 bits per heavy atom. The Morgan fingerprint density at radius 1 is 1.00 bits per heavy atom. The second-order valence-electron chi connectivity index (χ2n) is 8.70. The van der Waals surface area contributed by atoms with Crippen LogP contribution in [0, 0.1) is 17.0 Å². The van der Waals surface area contributed by atoms with E-state index in [-0.39, 0.29) is 11.4 Å². The molecule has 3 aromatic rings. The van der Waals surface area contributed by atoms with Crippen molar-refractivity contribution in [3.8, 4) is 0 Å². The first kappa shape index (κ1) is 23.9. The number of amides is 2. The highest BCUT2D eigenvalue weighted by atomic mass is 16.6. The molecule has 2 amide bonds. The average Bonchev–Trinajstić information content (AvgIpc) is 2.87. The molecule has 1 aliphatic rings. The van der Waals surface area contributed by atoms with E-state index in [0.717, 1.165) is 31.5 Å². The lowest BCUT2D eigenvalue weighted by Crippen LogP contribution is -2.36. The van der Waals surface area contributed by atoms with Gasteiger partial charge in [0, 0.05) is 31.4 Å². The summed E-state index contributed by atoms with van der Waals surface area (Å²) in [5, 5.41) is 16.1. The third-order valence-corrected chi connectivity index (χ3v) is 6.16. The van der Waals surface area contributed by atoms with Gasteiger partial charge in [-0.15, -0.1) is 0 Å². The highest BCUT2D eigenvalue weighted by molar-refractivity contribution is 6.39. The maximum absolute atomic E-state index is 12.2. The van der Waals surface area contributed by atoms with Gasteiger partial charge in [0.2, 0.25) is 0 Å². The molecule has 0 saturated heterocycles. The summed E-state index contributed by atoms with van der Waals surface area (Å²) in [5.41, 5.74) is 5.58. The van der Waals surface area contributed by atoms with Crippen LogP contribution in [-0.4, -0.2) is 29.8 Å². The molecule has 0 bridgehead atoms. The standard InChI is InChI=1S/C27H28N4O4/c1-19-8-13-24(25(17-19)31(34)35)29-27(33)26(32)28-15-4-5-20-9-11-23(12-10-20)30-16-14-21-6-2-3-7-22(21)18-30/h2-3,6-13,17H,4-5,14-16,18H2,1H3,(H,28,32)(H,29,33). The minimum atomic E-state index is -0.926. The molecule has 0 unspecified atom stereocenters. The summed E-state index contributed by atoms with van der Waals surface area (Å²) in [4.78, 5) is 37.2. The first-order valence-electron chi connectivity index (χ1n) is 11.7. The molecule has 0 spiro atoms. The fourth-order valence-electron chi connectivity index (χ4n) is 4.24. The molecule has 4 rings (SSSR count). The lowest BCUT2D eigenvalue weighted by atomic mass is 9.99. The normalized spacial score (nSPS) is 12.5. The summed E-state index contributed by atoms with van der Waals surface area (Å²) in [6, 6.07) is 21.4. The summed E-state index contributed by atoms with van der Waals surface area (Å²) in [6.07, 6.45) is 2.47. The van der Waals surface area contributed by atoms with Crippen LogP contribution in [0.2, 0.25) is 0 Å². The molecule has 1 heterocycles. The van der Waals surface area contributed by atoms with Gasteiger partial charge in [0.05, 0.1) is 4.92 Å². The number of hydrogen-bond acceptors (Lipinski definition) is 5. The zero-order chi connectivity index (χ0) is 24.8. The van der Waals surface area contributed by atoms with Crippen LogP contribution in [0.15, 0.2) is 66.7 Å². The molecule has 0 aromatic heterocycles. The first-order valence-corrected chi connectivity index (χ1v) is 11.7. The van der Waals surface area contributed by atoms with Crippen molar-refractivity contribution < 1.29 is 14.5 Å². The molecule has 0 fully saturated rings. The lowest BCUT2D eigenvalue weighted by molar-refractivity contribution is -0.384. The molecule has 3 aromatic carbocycles. The van der Waals surface area contributed by atoms with Gasteiger partial charge in [0.15, 0.2) is 0 Å². The predicted molar refractivity (Wildman–Crippen MR) is 135 cm³/mol. The van der Waals surface area contributed by atoms with Crippen molar-refractivity contribution in [1.29, 1.82) is 0 Å². The molecule has 8 nitrogen and oxygen atoms in total. The number of nitrogens with one attached hydrogen (secondary N) is 2. The van der Waals surface area contributed by atoms with E-state index >= 15 is 0 Å². The quantitative estimate of drug-likeness (QED) is 0.233. The molecule has 0 atom stereocenters. The maximum Gasteiger partial charge on any atom is 0.313 e. The summed E-state index contributed by atoms with van der Waals surface area (Å²) in [7, 11) is 0. The number of hydrogen-bond donors (Lipinski definition) is 2. The fourth-order valence-corrected chi connectivity index (χ4v) is 4.24. The number of nitro benzene ring substituents is 1. The van der Waals surface area contributed by atoms with Gasteiger partial charge in [-0.2, -0.15) is 0 Å². The Bertz CT molecular complexity index is 1240. The van der Waals surface area contributed by atoms with Gasteiger partial charge in [-0.3, -0.25) is 19.7 Å². The largest absolute Gasteiger partial charge is 0.367 e. The van der Waals surface area contributed by atoms with Crippen LogP contribution in [0.4, 0.5) is 17.1 Å². The van der Waals surface area contributed by atoms with E-state index in [1.165, 1.54) is 28.9 Å². The lowest BCUT2D eigenvalue weighted by Gasteiger charge is -2.30. The van der Waals surface area contributed by atoms with E-state index in [4.69, 9.17) is 0 Å². The monoisotopic (exact) mass is 472 g/mol. The summed E-state index contributed by atoms with van der Waals surface area (Å²) >= 11 is 0. The maximum atomic E-state index is 12.2. The number of benzene rings is 3. The number of anilines is 2. The summed E-state index contributed by atoms with van der Waals surface area (Å²) in [5.74, 6) is -1.75. The Kier molecular flexibility index (Phi) is 7.40. The third-order valence-electron chi connectivity index (χ3n) is 6.16. The molecule has 35 heavy (non-hydrogen) atoms. The minimum absolute atomic E-state index is 0.00182. The Morgan fingerprint density at radius 2 is 1.74 bits per heavy atom. The number of rotatable bonds is 7. The molecule has 1 aliphatic heterocycles. The number of carbonyl (C=O) groups excluding carboxylic acids is 2. The molecule has 0 radical (unpaired) electrons. The molecule has 0 aliphatic carbocycles. The third kappa shape index (κ3) is 6.03. The van der Waals surface area contributed by atoms with Crippen molar-refractivity contribution in [3.05, 3.63) is 99.1 Å². The van der Waals surface area contributed by atoms with E-state index in [1.807, 2.05) is 0 Å². The van der Waals surface area contributed by atoms with E-state index in [0.29, 0.717) is 18.5 Å². The SMILES string of the molecule is Cc1ccc(NC(=O)C(=O)NCCCc2ccc(N3CCc4ccccc4C3)cc2)c([N+](=O)[O-])c1. The first-order chi connectivity index (χ1) is 16.9. The number of nitrogens with zero attached hydrogens (tertiary/aromatic N) is 2. The summed E-state index contributed by atoms with van der Waals surface area (Å²) < 4.78 is 0. The zero-order valence-corrected chi connectivity index (χ0v) is 19.6. The van der Waals surface area contributed by atoms with Gasteiger partial charge in [-0.05, 0) is 66.6 Å². The van der Waals surface area contributed by atoms with E-state index in [2.05, 4.69) is 64.1 Å². The van der Waals surface area contributed by atoms with Crippen molar-refractivity contribution in [1.82, 2.24) is 5.32 Å². The molecular formula is C27H28N4O4. The van der Waals surface area contributed by atoms with Crippen LogP contribution >= 0.6 is 0 Å². The van der Waals surface area contributed by atoms with Crippen molar-refractivity contribution in [2.75, 3.05) is 23.3 Å². The molecule has 2 N–H and O–H groups in total. The number of nitro groups is 1. The zero-order valence-electron chi connectivity index (χ0n) is 19.6. The van der Waals surface area contributed by atoms with Gasteiger partial charge in [-0.25, -0.2) is 0 Å². The summed E-state index contributed by atoms with van der Waals surface area (Å²) in [6.45, 7) is 3.95. The Labute approximate surface area is 204 Å². The highest BCUT2D eigenvalue weighted by Gasteiger charge is 2.20. The van der Waals surface area contributed by atoms with Crippen molar-refractivity contribution in [2.24, 2.45) is 0 Å². The van der Waals surface area contributed by atoms with Gasteiger partial charge in [0.1, 0.15) is 5.69 Å². The predicted octanol–water partition coefficient (Wildman–Crippen LogP) is 4.15. The topological polar surface area (TPSA) is 105 Å². The van der Waals surface area contributed by atoms with Crippen LogP contribution in [0.3, 0.4) is 0 Å². The van der Waals surface area contributed by atoms with Crippen LogP contribution in [0.25, 0.3) is 0 Å². The molecule has 180 valence electrons. The second-order valence-corrected chi connectivity index (χ2v) is 8.70. The number of fused-ring (bicyclic) bond motifs is 1. The van der Waals surface area contributed by atoms with Crippen LogP contribution < -0.4 is 15.5 Å². The van der Waals surface area contributed by atoms with E-state index < -0.39 is 16.7 Å². The molecule has 8 heteroatoms. The molecular weight excluding hydrogens is 444 g/mol. The fraction of sp³-hybridized carbons (Fsp3) is 0.259. The van der Waals surface area contributed by atoms with Crippen LogP contribution in [0.1, 0.15) is 28.7 Å². The van der Waals surface area contributed by atoms with Crippen LogP contribution in [0.5, 0.6) is 0 Å². The Hall–Kier alpha value is -4.20. The van der Waals surface area contributed by atoms with Gasteiger partial charge in [0.25, 0.3) is 5.69 Å². The van der Waals surface area contributed by atoms with E-state index in [1.54, 1.807) is 13.0 Å². The van der Waals surface area contributed by atoms with Crippen LogP contribution in [-0.2, 0) is 29.0 Å². The highest BCUT2D eigenvalue weighted by Crippen LogP contribution is 2.26. The van der Waals surface area contributed by atoms with Gasteiger partial charge >= 0.3 is 11.8 Å². The Balaban J connectivity index is 1.22. The van der Waals surface area contributed by atoms with E-state index in [9.17, 15) is 19.7 Å². The number of aryl methyl sites for hydroxylation is 2.